The molecule has 1 aromatic heterocycles. The van der Waals surface area contributed by atoms with Crippen LogP contribution in [-0.4, -0.2) is 6.26 Å². The Morgan fingerprint density at radius 1 is 1.42 bits per heavy atom. The highest BCUT2D eigenvalue weighted by Gasteiger charge is 2.14. The van der Waals surface area contributed by atoms with Gasteiger partial charge in [0, 0.05) is 6.54 Å². The molecule has 0 aliphatic carbocycles. The number of nitriles is 1. The van der Waals surface area contributed by atoms with Gasteiger partial charge in [0.15, 0.2) is 0 Å². The lowest BCUT2D eigenvalue weighted by Crippen LogP contribution is -2.00. The van der Waals surface area contributed by atoms with Crippen LogP contribution >= 0.6 is 23.1 Å². The number of benzene rings is 1. The van der Waals surface area contributed by atoms with Gasteiger partial charge in [-0.3, -0.25) is 0 Å². The second-order valence-electron chi connectivity index (χ2n) is 4.10. The van der Waals surface area contributed by atoms with Crippen LogP contribution in [0.4, 0.5) is 10.7 Å². The summed E-state index contributed by atoms with van der Waals surface area (Å²) in [6.45, 7) is 2.83. The Labute approximate surface area is 121 Å². The van der Waals surface area contributed by atoms with E-state index >= 15 is 0 Å². The summed E-state index contributed by atoms with van der Waals surface area (Å²) in [6, 6.07) is 10.4. The maximum atomic E-state index is 9.02. The third-order valence-corrected chi connectivity index (χ3v) is 4.94. The standard InChI is InChI=1S/C14H15N3S2/c1-9-5-3-4-6-10(9)8-17-14-13(18-2)12(16)11(7-15)19-14/h3-6,17H,8,16H2,1-2H3. The topological polar surface area (TPSA) is 61.8 Å². The Hall–Kier alpha value is -1.64. The van der Waals surface area contributed by atoms with Gasteiger partial charge in [-0.05, 0) is 24.3 Å². The van der Waals surface area contributed by atoms with E-state index in [2.05, 4.69) is 30.4 Å². The lowest BCUT2D eigenvalue weighted by Gasteiger charge is -2.08. The van der Waals surface area contributed by atoms with E-state index in [4.69, 9.17) is 11.0 Å². The Morgan fingerprint density at radius 2 is 2.16 bits per heavy atom. The highest BCUT2D eigenvalue weighted by atomic mass is 32.2. The number of nitrogens with zero attached hydrogens (tertiary/aromatic N) is 1. The first-order chi connectivity index (χ1) is 9.17. The Bertz CT molecular complexity index is 626. The van der Waals surface area contributed by atoms with Gasteiger partial charge in [0.1, 0.15) is 15.9 Å². The van der Waals surface area contributed by atoms with Gasteiger partial charge < -0.3 is 11.1 Å². The average Bonchev–Trinajstić information content (AvgIpc) is 2.73. The van der Waals surface area contributed by atoms with Crippen LogP contribution in [0.1, 0.15) is 16.0 Å². The van der Waals surface area contributed by atoms with E-state index in [9.17, 15) is 0 Å². The molecule has 0 aliphatic heterocycles. The Kier molecular flexibility index (Phi) is 4.35. The molecule has 0 saturated heterocycles. The molecular weight excluding hydrogens is 274 g/mol. The van der Waals surface area contributed by atoms with Crippen LogP contribution in [0.3, 0.4) is 0 Å². The van der Waals surface area contributed by atoms with Crippen molar-refractivity contribution in [2.45, 2.75) is 18.4 Å². The fourth-order valence-corrected chi connectivity index (χ4v) is 3.64. The van der Waals surface area contributed by atoms with Gasteiger partial charge in [-0.2, -0.15) is 5.26 Å². The summed E-state index contributed by atoms with van der Waals surface area (Å²) in [7, 11) is 0. The maximum Gasteiger partial charge on any atom is 0.131 e. The number of anilines is 2. The molecule has 0 amide bonds. The number of nitrogens with two attached hydrogens (primary N) is 1. The minimum absolute atomic E-state index is 0.580. The number of thioether (sulfide) groups is 1. The number of thiophene rings is 1. The molecule has 0 fully saturated rings. The van der Waals surface area contributed by atoms with Crippen LogP contribution in [0.2, 0.25) is 0 Å². The zero-order valence-corrected chi connectivity index (χ0v) is 12.5. The first kappa shape index (κ1) is 13.8. The van der Waals surface area contributed by atoms with Crippen molar-refractivity contribution >= 4 is 33.8 Å². The number of nitrogen functional groups attached to an aromatic ring is 1. The second kappa shape index (κ2) is 6.00. The van der Waals surface area contributed by atoms with Gasteiger partial charge in [-0.1, -0.05) is 24.3 Å². The molecule has 3 nitrogen and oxygen atoms in total. The number of hydrogen-bond acceptors (Lipinski definition) is 5. The van der Waals surface area contributed by atoms with Gasteiger partial charge in [0.05, 0.1) is 10.6 Å². The molecule has 1 aromatic carbocycles. The van der Waals surface area contributed by atoms with Crippen molar-refractivity contribution in [1.82, 2.24) is 0 Å². The van der Waals surface area contributed by atoms with Crippen LogP contribution in [0, 0.1) is 18.3 Å². The van der Waals surface area contributed by atoms with Crippen LogP contribution in [0.25, 0.3) is 0 Å². The van der Waals surface area contributed by atoms with Gasteiger partial charge in [0.2, 0.25) is 0 Å². The lowest BCUT2D eigenvalue weighted by atomic mass is 10.1. The Morgan fingerprint density at radius 3 is 2.79 bits per heavy atom. The molecule has 98 valence electrons. The molecule has 2 aromatic rings. The van der Waals surface area contributed by atoms with Crippen LogP contribution in [-0.2, 0) is 6.54 Å². The van der Waals surface area contributed by atoms with E-state index in [0.29, 0.717) is 10.6 Å². The van der Waals surface area contributed by atoms with E-state index in [1.165, 1.54) is 22.5 Å². The van der Waals surface area contributed by atoms with Gasteiger partial charge >= 0.3 is 0 Å². The molecule has 2 rings (SSSR count). The minimum atomic E-state index is 0.580. The molecule has 1 heterocycles. The Balaban J connectivity index is 2.21. The fraction of sp³-hybridized carbons (Fsp3) is 0.214. The lowest BCUT2D eigenvalue weighted by molar-refractivity contribution is 1.12. The summed E-state index contributed by atoms with van der Waals surface area (Å²) < 4.78 is 0. The maximum absolute atomic E-state index is 9.02. The summed E-state index contributed by atoms with van der Waals surface area (Å²) in [6.07, 6.45) is 1.97. The monoisotopic (exact) mass is 289 g/mol. The first-order valence-electron chi connectivity index (χ1n) is 5.82. The van der Waals surface area contributed by atoms with E-state index in [0.717, 1.165) is 16.4 Å². The molecule has 0 atom stereocenters. The summed E-state index contributed by atoms with van der Waals surface area (Å²) in [5, 5.41) is 13.4. The van der Waals surface area contributed by atoms with E-state index in [1.54, 1.807) is 11.8 Å². The molecule has 0 radical (unpaired) electrons. The SMILES string of the molecule is CSc1c(NCc2ccccc2C)sc(C#N)c1N. The number of hydrogen-bond donors (Lipinski definition) is 2. The van der Waals surface area contributed by atoms with E-state index in [-0.39, 0.29) is 0 Å². The number of rotatable bonds is 4. The highest BCUT2D eigenvalue weighted by molar-refractivity contribution is 7.99. The number of aryl methyl sites for hydroxylation is 1. The summed E-state index contributed by atoms with van der Waals surface area (Å²) >= 11 is 2.99. The van der Waals surface area contributed by atoms with Crippen molar-refractivity contribution in [2.75, 3.05) is 17.3 Å². The summed E-state index contributed by atoms with van der Waals surface area (Å²) in [5.41, 5.74) is 9.05. The van der Waals surface area contributed by atoms with Crippen molar-refractivity contribution in [3.8, 4) is 6.07 Å². The van der Waals surface area contributed by atoms with Crippen LogP contribution < -0.4 is 11.1 Å². The molecule has 3 N–H and O–H groups in total. The molecule has 5 heteroatoms. The third-order valence-electron chi connectivity index (χ3n) is 2.91. The molecule has 0 aliphatic rings. The summed E-state index contributed by atoms with van der Waals surface area (Å²) in [5.74, 6) is 0. The van der Waals surface area contributed by atoms with Crippen molar-refractivity contribution < 1.29 is 0 Å². The first-order valence-corrected chi connectivity index (χ1v) is 7.86. The van der Waals surface area contributed by atoms with Crippen LogP contribution in [0.5, 0.6) is 0 Å². The van der Waals surface area contributed by atoms with Gasteiger partial charge in [-0.15, -0.1) is 23.1 Å². The van der Waals surface area contributed by atoms with Gasteiger partial charge in [-0.25, -0.2) is 0 Å². The normalized spacial score (nSPS) is 10.2. The van der Waals surface area contributed by atoms with Crippen molar-refractivity contribution in [2.24, 2.45) is 0 Å². The third kappa shape index (κ3) is 2.86. The van der Waals surface area contributed by atoms with E-state index in [1.807, 2.05) is 18.4 Å². The zero-order chi connectivity index (χ0) is 13.8. The predicted octanol–water partition coefficient (Wildman–Crippen LogP) is 3.84. The molecule has 19 heavy (non-hydrogen) atoms. The minimum Gasteiger partial charge on any atom is -0.396 e. The number of nitrogens with one attached hydrogen (secondary N) is 1. The summed E-state index contributed by atoms with van der Waals surface area (Å²) in [4.78, 5) is 1.55. The van der Waals surface area contributed by atoms with Crippen molar-refractivity contribution in [3.63, 3.8) is 0 Å². The largest absolute Gasteiger partial charge is 0.396 e. The smallest absolute Gasteiger partial charge is 0.131 e. The quantitative estimate of drug-likeness (QED) is 0.839. The van der Waals surface area contributed by atoms with Crippen molar-refractivity contribution in [3.05, 3.63) is 40.3 Å². The predicted molar refractivity (Wildman–Crippen MR) is 83.7 cm³/mol. The molecular formula is C14H15N3S2. The zero-order valence-electron chi connectivity index (χ0n) is 10.9. The molecule has 0 saturated carbocycles. The van der Waals surface area contributed by atoms with E-state index < -0.39 is 0 Å². The second-order valence-corrected chi connectivity index (χ2v) is 5.94. The molecule has 0 bridgehead atoms. The van der Waals surface area contributed by atoms with Gasteiger partial charge in [0.25, 0.3) is 0 Å². The molecule has 0 spiro atoms. The van der Waals surface area contributed by atoms with Crippen LogP contribution in [0.15, 0.2) is 29.2 Å². The fourth-order valence-electron chi connectivity index (χ4n) is 1.81. The molecule has 0 unspecified atom stereocenters. The average molecular weight is 289 g/mol. The highest BCUT2D eigenvalue weighted by Crippen LogP contribution is 2.41. The van der Waals surface area contributed by atoms with Crippen molar-refractivity contribution in [1.29, 1.82) is 5.26 Å².